The van der Waals surface area contributed by atoms with Crippen LogP contribution in [0.3, 0.4) is 0 Å². The summed E-state index contributed by atoms with van der Waals surface area (Å²) in [6.45, 7) is 6.44. The molecule has 2 aromatic carbocycles. The van der Waals surface area contributed by atoms with E-state index in [1.54, 1.807) is 13.1 Å². The minimum absolute atomic E-state index is 0.0741. The fourth-order valence-corrected chi connectivity index (χ4v) is 5.43. The zero-order chi connectivity index (χ0) is 29.6. The van der Waals surface area contributed by atoms with E-state index in [1.807, 2.05) is 0 Å². The van der Waals surface area contributed by atoms with E-state index in [0.717, 1.165) is 62.4 Å². The summed E-state index contributed by atoms with van der Waals surface area (Å²) < 4.78 is 39.7. The molecule has 1 aliphatic carbocycles. The number of alkyl halides is 3. The van der Waals surface area contributed by atoms with E-state index in [1.165, 1.54) is 17.7 Å². The van der Waals surface area contributed by atoms with Gasteiger partial charge in [-0.1, -0.05) is 69.7 Å². The van der Waals surface area contributed by atoms with Crippen molar-refractivity contribution in [2.75, 3.05) is 12.4 Å². The van der Waals surface area contributed by atoms with Gasteiger partial charge in [-0.05, 0) is 60.6 Å². The molecule has 0 spiro atoms. The van der Waals surface area contributed by atoms with Gasteiger partial charge >= 0.3 is 6.18 Å². The van der Waals surface area contributed by atoms with Gasteiger partial charge in [-0.25, -0.2) is 4.98 Å². The lowest BCUT2D eigenvalue weighted by molar-refractivity contribution is -0.138. The smallest absolute Gasteiger partial charge is 0.357 e. The Morgan fingerprint density at radius 2 is 1.61 bits per heavy atom. The number of nitrogens with one attached hydrogen (secondary N) is 2. The molecule has 1 aromatic heterocycles. The molecule has 1 aliphatic rings. The van der Waals surface area contributed by atoms with Gasteiger partial charge in [-0.2, -0.15) is 23.1 Å². The number of carbonyl (C=O) groups is 1. The maximum Gasteiger partial charge on any atom is 0.416 e. The summed E-state index contributed by atoms with van der Waals surface area (Å²) in [5.74, 6) is 2.16. The summed E-state index contributed by atoms with van der Waals surface area (Å²) in [6, 6.07) is 13.7. The summed E-state index contributed by atoms with van der Waals surface area (Å²) in [5, 5.41) is 5.78. The molecular formula is C32H40F3N5O. The third-order valence-corrected chi connectivity index (χ3v) is 7.92. The standard InChI is InChI=1S/C32H40F3N5O/c1-31(2,3)25-18-16-22(17-19-25)28-38-27(39-30(36-4)40-28)11-7-8-21-12-14-23(15-13-21)29(41)37-20-24-9-5-6-10-26(24)32(33,34)35/h5-6,9-10,16-19,21,23H,7-8,11-15,20H2,1-4H3,(H,37,41)(H,36,38,39,40). The normalized spacial score (nSPS) is 17.7. The van der Waals surface area contributed by atoms with E-state index < -0.39 is 11.7 Å². The second-order valence-corrected chi connectivity index (χ2v) is 12.0. The van der Waals surface area contributed by atoms with Gasteiger partial charge < -0.3 is 10.6 Å². The number of hydrogen-bond acceptors (Lipinski definition) is 5. The fourth-order valence-electron chi connectivity index (χ4n) is 5.43. The number of carbonyl (C=O) groups excluding carboxylic acids is 1. The van der Waals surface area contributed by atoms with E-state index >= 15 is 0 Å². The number of amides is 1. The van der Waals surface area contributed by atoms with Crippen LogP contribution in [0, 0.1) is 11.8 Å². The highest BCUT2D eigenvalue weighted by atomic mass is 19.4. The molecule has 0 atom stereocenters. The van der Waals surface area contributed by atoms with Crippen molar-refractivity contribution in [2.24, 2.45) is 11.8 Å². The summed E-state index contributed by atoms with van der Waals surface area (Å²) in [6.07, 6.45) is 1.62. The first-order valence-corrected chi connectivity index (χ1v) is 14.4. The van der Waals surface area contributed by atoms with E-state index in [0.29, 0.717) is 17.7 Å². The molecule has 0 aliphatic heterocycles. The molecule has 0 unspecified atom stereocenters. The molecule has 1 saturated carbocycles. The summed E-state index contributed by atoms with van der Waals surface area (Å²) in [4.78, 5) is 26.6. The highest BCUT2D eigenvalue weighted by molar-refractivity contribution is 5.78. The van der Waals surface area contributed by atoms with Crippen LogP contribution in [0.2, 0.25) is 0 Å². The highest BCUT2D eigenvalue weighted by Gasteiger charge is 2.33. The van der Waals surface area contributed by atoms with Gasteiger partial charge in [0.25, 0.3) is 0 Å². The lowest BCUT2D eigenvalue weighted by Crippen LogP contribution is -2.33. The molecular weight excluding hydrogens is 527 g/mol. The average Bonchev–Trinajstić information content (AvgIpc) is 2.95. The second-order valence-electron chi connectivity index (χ2n) is 12.0. The lowest BCUT2D eigenvalue weighted by atomic mass is 9.79. The average molecular weight is 568 g/mol. The minimum atomic E-state index is -4.44. The van der Waals surface area contributed by atoms with Crippen molar-refractivity contribution in [1.29, 1.82) is 0 Å². The first-order chi connectivity index (χ1) is 19.4. The number of rotatable bonds is 9. The third-order valence-electron chi connectivity index (χ3n) is 7.92. The van der Waals surface area contributed by atoms with Crippen molar-refractivity contribution >= 4 is 11.9 Å². The number of anilines is 1. The van der Waals surface area contributed by atoms with Crippen LogP contribution < -0.4 is 10.6 Å². The molecule has 1 amide bonds. The van der Waals surface area contributed by atoms with Crippen molar-refractivity contribution in [2.45, 2.75) is 83.9 Å². The monoisotopic (exact) mass is 567 g/mol. The van der Waals surface area contributed by atoms with Crippen molar-refractivity contribution in [3.8, 4) is 11.4 Å². The molecule has 4 rings (SSSR count). The molecule has 3 aromatic rings. The zero-order valence-electron chi connectivity index (χ0n) is 24.3. The van der Waals surface area contributed by atoms with E-state index in [-0.39, 0.29) is 29.3 Å². The van der Waals surface area contributed by atoms with Gasteiger partial charge in [-0.15, -0.1) is 0 Å². The molecule has 9 heteroatoms. The SMILES string of the molecule is CNc1nc(CCCC2CCC(C(=O)NCc3ccccc3C(F)(F)F)CC2)nc(-c2ccc(C(C)(C)C)cc2)n1. The van der Waals surface area contributed by atoms with Gasteiger partial charge in [-0.3, -0.25) is 4.79 Å². The first-order valence-electron chi connectivity index (χ1n) is 14.4. The van der Waals surface area contributed by atoms with Crippen LogP contribution in [-0.2, 0) is 29.4 Å². The fraction of sp³-hybridized carbons (Fsp3) is 0.500. The van der Waals surface area contributed by atoms with E-state index in [2.05, 4.69) is 65.6 Å². The van der Waals surface area contributed by atoms with Crippen LogP contribution in [0.1, 0.15) is 81.8 Å². The maximum absolute atomic E-state index is 13.2. The Labute approximate surface area is 240 Å². The highest BCUT2D eigenvalue weighted by Crippen LogP contribution is 2.34. The minimum Gasteiger partial charge on any atom is -0.357 e. The van der Waals surface area contributed by atoms with E-state index in [9.17, 15) is 18.0 Å². The molecule has 1 heterocycles. The zero-order valence-corrected chi connectivity index (χ0v) is 24.3. The second kappa shape index (κ2) is 13.0. The van der Waals surface area contributed by atoms with Crippen molar-refractivity contribution in [3.05, 3.63) is 71.0 Å². The summed E-state index contributed by atoms with van der Waals surface area (Å²) >= 11 is 0. The number of halogens is 3. The number of aromatic nitrogens is 3. The topological polar surface area (TPSA) is 79.8 Å². The number of aryl methyl sites for hydroxylation is 1. The lowest BCUT2D eigenvalue weighted by Gasteiger charge is -2.28. The molecule has 1 fully saturated rings. The number of nitrogens with zero attached hydrogens (tertiary/aromatic N) is 3. The van der Waals surface area contributed by atoms with Gasteiger partial charge in [0, 0.05) is 31.5 Å². The summed E-state index contributed by atoms with van der Waals surface area (Å²) in [7, 11) is 1.80. The molecule has 0 bridgehead atoms. The van der Waals surface area contributed by atoms with Gasteiger partial charge in [0.15, 0.2) is 5.82 Å². The maximum atomic E-state index is 13.2. The summed E-state index contributed by atoms with van der Waals surface area (Å²) in [5.41, 5.74) is 1.67. The van der Waals surface area contributed by atoms with Gasteiger partial charge in [0.2, 0.25) is 11.9 Å². The molecule has 2 N–H and O–H groups in total. The molecule has 0 radical (unpaired) electrons. The van der Waals surface area contributed by atoms with Crippen molar-refractivity contribution in [1.82, 2.24) is 20.3 Å². The Bertz CT molecular complexity index is 1310. The Morgan fingerprint density at radius 3 is 2.24 bits per heavy atom. The van der Waals surface area contributed by atoms with Crippen molar-refractivity contribution in [3.63, 3.8) is 0 Å². The predicted molar refractivity (Wildman–Crippen MR) is 155 cm³/mol. The molecule has 6 nitrogen and oxygen atoms in total. The van der Waals surface area contributed by atoms with Crippen LogP contribution in [0.5, 0.6) is 0 Å². The van der Waals surface area contributed by atoms with Crippen LogP contribution in [0.25, 0.3) is 11.4 Å². The van der Waals surface area contributed by atoms with Crippen LogP contribution in [-0.4, -0.2) is 27.9 Å². The number of hydrogen-bond donors (Lipinski definition) is 2. The quantitative estimate of drug-likeness (QED) is 0.283. The van der Waals surface area contributed by atoms with Gasteiger partial charge in [0.1, 0.15) is 5.82 Å². The number of benzene rings is 2. The van der Waals surface area contributed by atoms with Crippen LogP contribution in [0.15, 0.2) is 48.5 Å². The molecule has 220 valence electrons. The molecule has 0 saturated heterocycles. The Morgan fingerprint density at radius 1 is 0.927 bits per heavy atom. The van der Waals surface area contributed by atoms with Crippen molar-refractivity contribution < 1.29 is 18.0 Å². The van der Waals surface area contributed by atoms with Crippen LogP contribution >= 0.6 is 0 Å². The Kier molecular flexibility index (Phi) is 9.66. The molecule has 41 heavy (non-hydrogen) atoms. The predicted octanol–water partition coefficient (Wildman–Crippen LogP) is 7.34. The van der Waals surface area contributed by atoms with Gasteiger partial charge in [0.05, 0.1) is 5.56 Å². The Balaban J connectivity index is 1.26. The van der Waals surface area contributed by atoms with E-state index in [4.69, 9.17) is 4.98 Å². The first kappa shape index (κ1) is 30.5. The third kappa shape index (κ3) is 8.27. The Hall–Kier alpha value is -3.49. The van der Waals surface area contributed by atoms with Crippen LogP contribution in [0.4, 0.5) is 19.1 Å². The largest absolute Gasteiger partial charge is 0.416 e.